The Morgan fingerprint density at radius 2 is 1.83 bits per heavy atom. The van der Waals surface area contributed by atoms with E-state index in [4.69, 9.17) is 5.73 Å². The van der Waals surface area contributed by atoms with Gasteiger partial charge in [-0.05, 0) is 37.9 Å². The number of aryl methyl sites for hydroxylation is 1. The highest BCUT2D eigenvalue weighted by molar-refractivity contribution is 5.85. The molecule has 2 unspecified atom stereocenters. The second-order valence-electron chi connectivity index (χ2n) is 6.31. The van der Waals surface area contributed by atoms with Crippen LogP contribution in [0.4, 0.5) is 0 Å². The van der Waals surface area contributed by atoms with E-state index in [-0.39, 0.29) is 30.7 Å². The summed E-state index contributed by atoms with van der Waals surface area (Å²) in [6.07, 6.45) is 1.09. The average Bonchev–Trinajstić information content (AvgIpc) is 3.00. The molecule has 0 aliphatic carbocycles. The molecule has 0 saturated carbocycles. The summed E-state index contributed by atoms with van der Waals surface area (Å²) < 4.78 is 0. The van der Waals surface area contributed by atoms with Gasteiger partial charge >= 0.3 is 0 Å². The summed E-state index contributed by atoms with van der Waals surface area (Å²) in [7, 11) is 0. The van der Waals surface area contributed by atoms with Gasteiger partial charge in [0.25, 0.3) is 0 Å². The van der Waals surface area contributed by atoms with Crippen LogP contribution in [0.3, 0.4) is 0 Å². The fourth-order valence-corrected chi connectivity index (χ4v) is 3.14. The van der Waals surface area contributed by atoms with Crippen molar-refractivity contribution in [2.45, 2.75) is 33.2 Å². The lowest BCUT2D eigenvalue weighted by Crippen LogP contribution is -2.38. The SMILES string of the molecule is CCN(CC)CC1CCN(C(=O)C(N)c2ccc(C)cc2)C1.Cl.Cl. The zero-order chi connectivity index (χ0) is 16.1. The van der Waals surface area contributed by atoms with E-state index in [1.54, 1.807) is 0 Å². The molecule has 0 aromatic heterocycles. The van der Waals surface area contributed by atoms with Crippen LogP contribution in [-0.2, 0) is 4.79 Å². The molecular formula is C18H31Cl2N3O. The number of nitrogens with zero attached hydrogens (tertiary/aromatic N) is 2. The molecule has 0 radical (unpaired) electrons. The van der Waals surface area contributed by atoms with E-state index in [1.807, 2.05) is 36.1 Å². The number of halogens is 2. The van der Waals surface area contributed by atoms with Crippen molar-refractivity contribution >= 4 is 30.7 Å². The molecular weight excluding hydrogens is 345 g/mol. The molecule has 1 saturated heterocycles. The van der Waals surface area contributed by atoms with Crippen LogP contribution in [0, 0.1) is 12.8 Å². The van der Waals surface area contributed by atoms with Gasteiger partial charge in [0.15, 0.2) is 0 Å². The number of hydrogen-bond donors (Lipinski definition) is 1. The number of carbonyl (C=O) groups excluding carboxylic acids is 1. The predicted molar refractivity (Wildman–Crippen MR) is 105 cm³/mol. The maximum atomic E-state index is 12.6. The van der Waals surface area contributed by atoms with E-state index in [9.17, 15) is 4.79 Å². The molecule has 2 rings (SSSR count). The molecule has 1 aromatic carbocycles. The van der Waals surface area contributed by atoms with Crippen LogP contribution >= 0.6 is 24.8 Å². The largest absolute Gasteiger partial charge is 0.341 e. The van der Waals surface area contributed by atoms with Crippen LogP contribution in [-0.4, -0.2) is 48.4 Å². The van der Waals surface area contributed by atoms with E-state index in [1.165, 1.54) is 5.56 Å². The highest BCUT2D eigenvalue weighted by atomic mass is 35.5. The minimum Gasteiger partial charge on any atom is -0.341 e. The predicted octanol–water partition coefficient (Wildman–Crippen LogP) is 3.03. The van der Waals surface area contributed by atoms with Crippen molar-refractivity contribution in [3.63, 3.8) is 0 Å². The lowest BCUT2D eigenvalue weighted by atomic mass is 10.0. The van der Waals surface area contributed by atoms with Gasteiger partial charge in [0.05, 0.1) is 0 Å². The maximum absolute atomic E-state index is 12.6. The molecule has 2 atom stereocenters. The van der Waals surface area contributed by atoms with Gasteiger partial charge in [0, 0.05) is 19.6 Å². The third-order valence-electron chi connectivity index (χ3n) is 4.71. The first-order valence-electron chi connectivity index (χ1n) is 8.38. The van der Waals surface area contributed by atoms with Gasteiger partial charge in [0.2, 0.25) is 5.91 Å². The summed E-state index contributed by atoms with van der Waals surface area (Å²) in [5, 5.41) is 0. The van der Waals surface area contributed by atoms with Crippen molar-refractivity contribution in [1.29, 1.82) is 0 Å². The highest BCUT2D eigenvalue weighted by Gasteiger charge is 2.30. The lowest BCUT2D eigenvalue weighted by Gasteiger charge is -2.24. The van der Waals surface area contributed by atoms with Crippen LogP contribution in [0.1, 0.15) is 37.4 Å². The van der Waals surface area contributed by atoms with Crippen molar-refractivity contribution in [3.05, 3.63) is 35.4 Å². The number of benzene rings is 1. The number of carbonyl (C=O) groups is 1. The van der Waals surface area contributed by atoms with Crippen molar-refractivity contribution < 1.29 is 4.79 Å². The van der Waals surface area contributed by atoms with Gasteiger partial charge in [-0.15, -0.1) is 24.8 Å². The van der Waals surface area contributed by atoms with Crippen molar-refractivity contribution in [2.24, 2.45) is 11.7 Å². The summed E-state index contributed by atoms with van der Waals surface area (Å²) in [5.74, 6) is 0.639. The van der Waals surface area contributed by atoms with Crippen molar-refractivity contribution in [1.82, 2.24) is 9.80 Å². The molecule has 2 N–H and O–H groups in total. The standard InChI is InChI=1S/C18H29N3O.2ClH/c1-4-20(5-2)12-15-10-11-21(13-15)18(22)17(19)16-8-6-14(3)7-9-16;;/h6-9,15,17H,4-5,10-13,19H2,1-3H3;2*1H. The Labute approximate surface area is 158 Å². The van der Waals surface area contributed by atoms with Crippen LogP contribution in [0.2, 0.25) is 0 Å². The van der Waals surface area contributed by atoms with Gasteiger partial charge in [-0.3, -0.25) is 4.79 Å². The Morgan fingerprint density at radius 3 is 2.38 bits per heavy atom. The molecule has 1 aliphatic rings. The molecule has 1 aromatic rings. The third-order valence-corrected chi connectivity index (χ3v) is 4.71. The second-order valence-corrected chi connectivity index (χ2v) is 6.31. The number of rotatable bonds is 6. The zero-order valence-electron chi connectivity index (χ0n) is 14.9. The van der Waals surface area contributed by atoms with E-state index in [2.05, 4.69) is 18.7 Å². The summed E-state index contributed by atoms with van der Waals surface area (Å²) in [4.78, 5) is 17.0. The molecule has 1 fully saturated rings. The van der Waals surface area contributed by atoms with Crippen LogP contribution in [0.25, 0.3) is 0 Å². The Morgan fingerprint density at radius 1 is 1.25 bits per heavy atom. The molecule has 0 bridgehead atoms. The van der Waals surface area contributed by atoms with Crippen molar-refractivity contribution in [3.8, 4) is 0 Å². The van der Waals surface area contributed by atoms with Gasteiger partial charge < -0.3 is 15.5 Å². The first kappa shape index (κ1) is 23.2. The molecule has 1 amide bonds. The van der Waals surface area contributed by atoms with Gasteiger partial charge in [-0.2, -0.15) is 0 Å². The van der Waals surface area contributed by atoms with E-state index in [0.29, 0.717) is 5.92 Å². The minimum atomic E-state index is -0.534. The van der Waals surface area contributed by atoms with E-state index in [0.717, 1.165) is 44.7 Å². The summed E-state index contributed by atoms with van der Waals surface area (Å²) in [6, 6.07) is 7.40. The monoisotopic (exact) mass is 375 g/mol. The molecule has 1 aliphatic heterocycles. The average molecular weight is 376 g/mol. The molecule has 6 heteroatoms. The lowest BCUT2D eigenvalue weighted by molar-refractivity contribution is -0.131. The smallest absolute Gasteiger partial charge is 0.244 e. The zero-order valence-corrected chi connectivity index (χ0v) is 16.5. The molecule has 24 heavy (non-hydrogen) atoms. The Bertz CT molecular complexity index is 492. The normalized spacial score (nSPS) is 18.0. The third kappa shape index (κ3) is 5.92. The number of hydrogen-bond acceptors (Lipinski definition) is 3. The fourth-order valence-electron chi connectivity index (χ4n) is 3.14. The topological polar surface area (TPSA) is 49.6 Å². The Balaban J connectivity index is 0.00000264. The molecule has 0 spiro atoms. The van der Waals surface area contributed by atoms with E-state index >= 15 is 0 Å². The highest BCUT2D eigenvalue weighted by Crippen LogP contribution is 2.22. The van der Waals surface area contributed by atoms with E-state index < -0.39 is 6.04 Å². The summed E-state index contributed by atoms with van der Waals surface area (Å²) in [6.45, 7) is 11.3. The number of nitrogens with two attached hydrogens (primary N) is 1. The summed E-state index contributed by atoms with van der Waals surface area (Å²) in [5.41, 5.74) is 8.26. The quantitative estimate of drug-likeness (QED) is 0.830. The Hall–Kier alpha value is -0.810. The van der Waals surface area contributed by atoms with Gasteiger partial charge in [-0.1, -0.05) is 43.7 Å². The summed E-state index contributed by atoms with van der Waals surface area (Å²) >= 11 is 0. The molecule has 1 heterocycles. The van der Waals surface area contributed by atoms with Gasteiger partial charge in [-0.25, -0.2) is 0 Å². The first-order chi connectivity index (χ1) is 10.5. The second kappa shape index (κ2) is 10.9. The maximum Gasteiger partial charge on any atom is 0.244 e. The first-order valence-corrected chi connectivity index (χ1v) is 8.38. The van der Waals surface area contributed by atoms with Gasteiger partial charge in [0.1, 0.15) is 6.04 Å². The van der Waals surface area contributed by atoms with Crippen LogP contribution in [0.5, 0.6) is 0 Å². The minimum absolute atomic E-state index is 0. The van der Waals surface area contributed by atoms with Crippen LogP contribution in [0.15, 0.2) is 24.3 Å². The molecule has 138 valence electrons. The molecule has 4 nitrogen and oxygen atoms in total. The number of likely N-dealkylation sites (tertiary alicyclic amines) is 1. The Kier molecular flexibility index (Phi) is 10.6. The van der Waals surface area contributed by atoms with Crippen molar-refractivity contribution in [2.75, 3.05) is 32.7 Å². The number of amides is 1. The van der Waals surface area contributed by atoms with Crippen LogP contribution < -0.4 is 5.73 Å². The fraction of sp³-hybridized carbons (Fsp3) is 0.611.